The fraction of sp³-hybridized carbons (Fsp3) is 0.286. The van der Waals surface area contributed by atoms with Crippen molar-refractivity contribution < 1.29 is 18.7 Å². The number of H-pyrrole nitrogens is 1. The van der Waals surface area contributed by atoms with Crippen LogP contribution >= 0.6 is 11.8 Å². The number of carbonyl (C=O) groups is 2. The molecule has 2 aromatic carbocycles. The summed E-state index contributed by atoms with van der Waals surface area (Å²) in [5.41, 5.74) is 2.09. The largest absolute Gasteiger partial charge is 0.438 e. The van der Waals surface area contributed by atoms with E-state index in [2.05, 4.69) is 25.6 Å². The average molecular weight is 534 g/mol. The second-order valence-corrected chi connectivity index (χ2v) is 10.2. The van der Waals surface area contributed by atoms with Crippen LogP contribution in [0.5, 0.6) is 11.6 Å². The van der Waals surface area contributed by atoms with Gasteiger partial charge >= 0.3 is 0 Å². The lowest BCUT2D eigenvalue weighted by Crippen LogP contribution is -2.44. The number of para-hydroxylation sites is 1. The molecule has 0 aliphatic heterocycles. The van der Waals surface area contributed by atoms with Crippen molar-refractivity contribution in [2.24, 2.45) is 0 Å². The van der Waals surface area contributed by atoms with Crippen molar-refractivity contribution in [1.29, 1.82) is 0 Å². The zero-order chi connectivity index (χ0) is 26.6. The van der Waals surface area contributed by atoms with E-state index < -0.39 is 11.7 Å². The lowest BCUT2D eigenvalue weighted by Gasteiger charge is -2.29. The molecule has 1 aliphatic carbocycles. The molecule has 196 valence electrons. The SMILES string of the molecule is CSc1cccc(Oc2ncc(F)cc2C(=O)NC2CCC(NC(=O)c3cccc4nc(C)[nH]c34)CC2)c1. The van der Waals surface area contributed by atoms with Crippen LogP contribution in [0.25, 0.3) is 11.0 Å². The highest BCUT2D eigenvalue weighted by atomic mass is 32.2. The molecule has 2 aromatic heterocycles. The molecule has 0 bridgehead atoms. The molecule has 1 aliphatic rings. The van der Waals surface area contributed by atoms with Crippen molar-refractivity contribution in [2.45, 2.75) is 49.6 Å². The number of aromatic nitrogens is 3. The zero-order valence-corrected chi connectivity index (χ0v) is 21.9. The lowest BCUT2D eigenvalue weighted by atomic mass is 9.90. The fourth-order valence-corrected chi connectivity index (χ4v) is 5.15. The molecular formula is C28H28FN5O3S. The molecule has 1 fully saturated rings. The van der Waals surface area contributed by atoms with E-state index in [1.807, 2.05) is 43.5 Å². The van der Waals surface area contributed by atoms with Crippen molar-refractivity contribution in [2.75, 3.05) is 6.26 Å². The van der Waals surface area contributed by atoms with E-state index in [0.29, 0.717) is 37.0 Å². The Balaban J connectivity index is 1.20. The van der Waals surface area contributed by atoms with E-state index >= 15 is 0 Å². The number of fused-ring (bicyclic) bond motifs is 1. The maximum Gasteiger partial charge on any atom is 0.257 e. The molecule has 0 radical (unpaired) electrons. The van der Waals surface area contributed by atoms with Gasteiger partial charge < -0.3 is 20.4 Å². The number of amides is 2. The second kappa shape index (κ2) is 11.2. The van der Waals surface area contributed by atoms with Crippen molar-refractivity contribution in [3.05, 3.63) is 77.5 Å². The Hall–Kier alpha value is -3.92. The van der Waals surface area contributed by atoms with Gasteiger partial charge in [0, 0.05) is 17.0 Å². The number of nitrogens with one attached hydrogen (secondary N) is 3. The maximum absolute atomic E-state index is 14.0. The summed E-state index contributed by atoms with van der Waals surface area (Å²) < 4.78 is 19.9. The third-order valence-electron chi connectivity index (χ3n) is 6.60. The number of rotatable bonds is 7. The quantitative estimate of drug-likeness (QED) is 0.275. The first-order valence-electron chi connectivity index (χ1n) is 12.4. The number of aryl methyl sites for hydroxylation is 1. The minimum Gasteiger partial charge on any atom is -0.438 e. The second-order valence-electron chi connectivity index (χ2n) is 9.30. The van der Waals surface area contributed by atoms with Gasteiger partial charge in [0.25, 0.3) is 11.8 Å². The highest BCUT2D eigenvalue weighted by Crippen LogP contribution is 2.28. The van der Waals surface area contributed by atoms with Crippen LogP contribution in [0, 0.1) is 12.7 Å². The van der Waals surface area contributed by atoms with Crippen LogP contribution < -0.4 is 15.4 Å². The molecular weight excluding hydrogens is 505 g/mol. The van der Waals surface area contributed by atoms with E-state index in [0.717, 1.165) is 34.0 Å². The number of carbonyl (C=O) groups excluding carboxylic acids is 2. The van der Waals surface area contributed by atoms with Crippen LogP contribution in [0.2, 0.25) is 0 Å². The van der Waals surface area contributed by atoms with Crippen LogP contribution in [-0.4, -0.2) is 45.1 Å². The molecule has 8 nitrogen and oxygen atoms in total. The van der Waals surface area contributed by atoms with Crippen molar-refractivity contribution >= 4 is 34.6 Å². The number of thioether (sulfide) groups is 1. The van der Waals surface area contributed by atoms with E-state index in [1.54, 1.807) is 23.9 Å². The minimum absolute atomic E-state index is 0.00614. The van der Waals surface area contributed by atoms with Gasteiger partial charge in [0.05, 0.1) is 22.8 Å². The smallest absolute Gasteiger partial charge is 0.257 e. The third-order valence-corrected chi connectivity index (χ3v) is 7.32. The van der Waals surface area contributed by atoms with Crippen molar-refractivity contribution in [1.82, 2.24) is 25.6 Å². The van der Waals surface area contributed by atoms with Gasteiger partial charge in [-0.15, -0.1) is 11.8 Å². The number of aromatic amines is 1. The first-order chi connectivity index (χ1) is 18.4. The molecule has 1 saturated carbocycles. The molecule has 0 atom stereocenters. The van der Waals surface area contributed by atoms with E-state index in [1.165, 1.54) is 0 Å². The van der Waals surface area contributed by atoms with Gasteiger partial charge in [-0.25, -0.2) is 14.4 Å². The summed E-state index contributed by atoms with van der Waals surface area (Å²) in [5, 5.41) is 6.10. The van der Waals surface area contributed by atoms with Crippen LogP contribution in [-0.2, 0) is 0 Å². The summed E-state index contributed by atoms with van der Waals surface area (Å²) in [6.07, 6.45) is 5.76. The number of imidazole rings is 1. The molecule has 5 rings (SSSR count). The van der Waals surface area contributed by atoms with E-state index in [9.17, 15) is 14.0 Å². The van der Waals surface area contributed by atoms with E-state index in [-0.39, 0.29) is 29.4 Å². The van der Waals surface area contributed by atoms with Crippen LogP contribution in [0.4, 0.5) is 4.39 Å². The monoisotopic (exact) mass is 533 g/mol. The summed E-state index contributed by atoms with van der Waals surface area (Å²) in [6, 6.07) is 13.9. The first kappa shape index (κ1) is 25.7. The molecule has 0 saturated heterocycles. The lowest BCUT2D eigenvalue weighted by molar-refractivity contribution is 0.0890. The van der Waals surface area contributed by atoms with Gasteiger partial charge in [-0.05, 0) is 75.3 Å². The van der Waals surface area contributed by atoms with Gasteiger partial charge in [-0.1, -0.05) is 12.1 Å². The van der Waals surface area contributed by atoms with Gasteiger partial charge in [0.15, 0.2) is 0 Å². The number of nitrogens with zero attached hydrogens (tertiary/aromatic N) is 2. The molecule has 0 unspecified atom stereocenters. The van der Waals surface area contributed by atoms with Crippen molar-refractivity contribution in [3.63, 3.8) is 0 Å². The van der Waals surface area contributed by atoms with Crippen LogP contribution in [0.1, 0.15) is 52.2 Å². The zero-order valence-electron chi connectivity index (χ0n) is 21.1. The Morgan fingerprint density at radius 3 is 2.39 bits per heavy atom. The Labute approximate surface area is 223 Å². The summed E-state index contributed by atoms with van der Waals surface area (Å²) in [6.45, 7) is 1.86. The molecule has 38 heavy (non-hydrogen) atoms. The molecule has 10 heteroatoms. The number of hydrogen-bond acceptors (Lipinski definition) is 6. The summed E-state index contributed by atoms with van der Waals surface area (Å²) in [7, 11) is 0. The van der Waals surface area contributed by atoms with Gasteiger partial charge in [0.1, 0.15) is 23.0 Å². The predicted molar refractivity (Wildman–Crippen MR) is 144 cm³/mol. The average Bonchev–Trinajstić information content (AvgIpc) is 3.31. The van der Waals surface area contributed by atoms with Crippen molar-refractivity contribution in [3.8, 4) is 11.6 Å². The predicted octanol–water partition coefficient (Wildman–Crippen LogP) is 5.39. The molecule has 4 aromatic rings. The normalized spacial score (nSPS) is 17.2. The van der Waals surface area contributed by atoms with Gasteiger partial charge in [0.2, 0.25) is 5.88 Å². The van der Waals surface area contributed by atoms with Gasteiger partial charge in [-0.3, -0.25) is 9.59 Å². The Morgan fingerprint density at radius 2 is 1.68 bits per heavy atom. The molecule has 2 amide bonds. The highest BCUT2D eigenvalue weighted by Gasteiger charge is 2.26. The summed E-state index contributed by atoms with van der Waals surface area (Å²) in [5.74, 6) is 0.113. The number of benzene rings is 2. The minimum atomic E-state index is -0.616. The first-order valence-corrected chi connectivity index (χ1v) is 13.7. The number of pyridine rings is 1. The standard InChI is InChI=1S/C28H28FN5O3S/c1-16-31-24-8-4-7-22(25(24)32-16)26(35)33-18-9-11-19(12-10-18)34-27(36)23-13-17(29)15-30-28(23)37-20-5-3-6-21(14-20)38-2/h3-8,13-15,18-19H,9-12H2,1-2H3,(H,31,32)(H,33,35)(H,34,36). The Kier molecular flexibility index (Phi) is 7.59. The van der Waals surface area contributed by atoms with Crippen LogP contribution in [0.3, 0.4) is 0 Å². The number of halogens is 1. The Morgan fingerprint density at radius 1 is 1.00 bits per heavy atom. The summed E-state index contributed by atoms with van der Waals surface area (Å²) in [4.78, 5) is 38.6. The topological polar surface area (TPSA) is 109 Å². The fourth-order valence-electron chi connectivity index (χ4n) is 4.70. The molecule has 2 heterocycles. The Bertz CT molecular complexity index is 1480. The number of ether oxygens (including phenoxy) is 1. The number of hydrogen-bond donors (Lipinski definition) is 3. The van der Waals surface area contributed by atoms with Crippen LogP contribution in [0.15, 0.2) is 59.6 Å². The highest BCUT2D eigenvalue weighted by molar-refractivity contribution is 7.98. The summed E-state index contributed by atoms with van der Waals surface area (Å²) >= 11 is 1.56. The van der Waals surface area contributed by atoms with Gasteiger partial charge in [-0.2, -0.15) is 0 Å². The third kappa shape index (κ3) is 5.80. The molecule has 0 spiro atoms. The maximum atomic E-state index is 14.0. The van der Waals surface area contributed by atoms with E-state index in [4.69, 9.17) is 4.74 Å². The molecule has 3 N–H and O–H groups in total.